The highest BCUT2D eigenvalue weighted by molar-refractivity contribution is 14.1. The average molecular weight is 497 g/mol. The Labute approximate surface area is 176 Å². The molecular weight excluding hydrogens is 477 g/mol. The third kappa shape index (κ3) is 5.59. The van der Waals surface area contributed by atoms with E-state index in [9.17, 15) is 9.59 Å². The first-order valence-corrected chi connectivity index (χ1v) is 9.22. The van der Waals surface area contributed by atoms with Crippen LogP contribution in [-0.4, -0.2) is 45.9 Å². The molecule has 8 nitrogen and oxygen atoms in total. The van der Waals surface area contributed by atoms with Crippen LogP contribution in [0.5, 0.6) is 17.2 Å². The van der Waals surface area contributed by atoms with Crippen LogP contribution in [0.3, 0.4) is 0 Å². The van der Waals surface area contributed by atoms with Gasteiger partial charge in [-0.2, -0.15) is 5.10 Å². The first-order chi connectivity index (χ1) is 13.5. The topological polar surface area (TPSA) is 98.2 Å². The molecule has 0 spiro atoms. The molecule has 2 amide bonds. The number of carbonyl (C=O) groups excluding carboxylic acids is 2. The minimum Gasteiger partial charge on any atom is -0.496 e. The third-order valence-electron chi connectivity index (χ3n) is 3.66. The van der Waals surface area contributed by atoms with Crippen LogP contribution in [0, 0.1) is 3.57 Å². The Hall–Kier alpha value is -2.82. The first-order valence-electron chi connectivity index (χ1n) is 8.14. The van der Waals surface area contributed by atoms with Gasteiger partial charge in [0.25, 0.3) is 11.8 Å². The van der Waals surface area contributed by atoms with E-state index in [1.165, 1.54) is 27.5 Å². The molecule has 0 fully saturated rings. The fourth-order valence-electron chi connectivity index (χ4n) is 2.27. The molecule has 0 bridgehead atoms. The van der Waals surface area contributed by atoms with E-state index in [4.69, 9.17) is 14.2 Å². The lowest BCUT2D eigenvalue weighted by Gasteiger charge is -2.11. The summed E-state index contributed by atoms with van der Waals surface area (Å²) in [5.74, 6) is 0.725. The second kappa shape index (κ2) is 10.5. The van der Waals surface area contributed by atoms with Crippen LogP contribution in [-0.2, 0) is 4.79 Å². The molecule has 2 N–H and O–H groups in total. The highest BCUT2D eigenvalue weighted by atomic mass is 127. The molecule has 2 rings (SSSR count). The van der Waals surface area contributed by atoms with Crippen LogP contribution < -0.4 is 25.0 Å². The van der Waals surface area contributed by atoms with Crippen molar-refractivity contribution in [3.8, 4) is 17.2 Å². The Bertz CT molecular complexity index is 886. The molecule has 0 heterocycles. The standard InChI is InChI=1S/C19H20IN3O5/c1-26-15-9-17(28-3)16(27-2)8-12(15)10-22-23-18(24)11-21-19(25)13-6-4-5-7-14(13)20/h4-10H,11H2,1-3H3,(H,21,25)(H,23,24)/b22-10+. The smallest absolute Gasteiger partial charge is 0.259 e. The normalized spacial score (nSPS) is 10.4. The number of carbonyl (C=O) groups is 2. The second-order valence-corrected chi connectivity index (χ2v) is 6.57. The number of rotatable bonds is 8. The van der Waals surface area contributed by atoms with Gasteiger partial charge < -0.3 is 19.5 Å². The maximum Gasteiger partial charge on any atom is 0.259 e. The summed E-state index contributed by atoms with van der Waals surface area (Å²) >= 11 is 2.06. The Morgan fingerprint density at radius 1 is 1.04 bits per heavy atom. The molecule has 2 aromatic rings. The first kappa shape index (κ1) is 21.5. The van der Waals surface area contributed by atoms with Gasteiger partial charge in [0.2, 0.25) is 0 Å². The average Bonchev–Trinajstić information content (AvgIpc) is 2.71. The van der Waals surface area contributed by atoms with E-state index in [1.807, 2.05) is 12.1 Å². The number of hydrogen-bond donors (Lipinski definition) is 2. The van der Waals surface area contributed by atoms with Gasteiger partial charge in [-0.1, -0.05) is 12.1 Å². The number of nitrogens with one attached hydrogen (secondary N) is 2. The summed E-state index contributed by atoms with van der Waals surface area (Å²) in [5.41, 5.74) is 3.45. The molecule has 0 aliphatic heterocycles. The Morgan fingerprint density at radius 3 is 2.32 bits per heavy atom. The predicted molar refractivity (Wildman–Crippen MR) is 113 cm³/mol. The van der Waals surface area contributed by atoms with E-state index in [0.29, 0.717) is 28.4 Å². The summed E-state index contributed by atoms with van der Waals surface area (Å²) in [6.45, 7) is -0.204. The molecule has 0 saturated heterocycles. The van der Waals surface area contributed by atoms with Crippen molar-refractivity contribution in [2.24, 2.45) is 5.10 Å². The zero-order valence-electron chi connectivity index (χ0n) is 15.6. The van der Waals surface area contributed by atoms with Crippen molar-refractivity contribution in [3.05, 3.63) is 51.1 Å². The van der Waals surface area contributed by atoms with Crippen LogP contribution in [0.2, 0.25) is 0 Å². The van der Waals surface area contributed by atoms with Crippen LogP contribution >= 0.6 is 22.6 Å². The largest absolute Gasteiger partial charge is 0.496 e. The molecule has 2 aromatic carbocycles. The monoisotopic (exact) mass is 497 g/mol. The van der Waals surface area contributed by atoms with Gasteiger partial charge in [0.05, 0.1) is 39.7 Å². The zero-order valence-corrected chi connectivity index (χ0v) is 17.8. The number of ether oxygens (including phenoxy) is 3. The molecule has 0 aliphatic carbocycles. The van der Waals surface area contributed by atoms with Crippen LogP contribution in [0.25, 0.3) is 0 Å². The van der Waals surface area contributed by atoms with Gasteiger partial charge in [0.1, 0.15) is 5.75 Å². The van der Waals surface area contributed by atoms with Crippen molar-refractivity contribution in [1.82, 2.24) is 10.7 Å². The SMILES string of the molecule is COc1cc(OC)c(OC)cc1/C=N/NC(=O)CNC(=O)c1ccccc1I. The third-order valence-corrected chi connectivity index (χ3v) is 4.60. The van der Waals surface area contributed by atoms with E-state index < -0.39 is 5.91 Å². The summed E-state index contributed by atoms with van der Waals surface area (Å²) < 4.78 is 16.5. The van der Waals surface area contributed by atoms with Gasteiger partial charge in [-0.15, -0.1) is 0 Å². The zero-order chi connectivity index (χ0) is 20.5. The van der Waals surface area contributed by atoms with Crippen LogP contribution in [0.1, 0.15) is 15.9 Å². The lowest BCUT2D eigenvalue weighted by molar-refractivity contribution is -0.120. The van der Waals surface area contributed by atoms with E-state index in [-0.39, 0.29) is 12.5 Å². The number of methoxy groups -OCH3 is 3. The highest BCUT2D eigenvalue weighted by Gasteiger charge is 2.12. The highest BCUT2D eigenvalue weighted by Crippen LogP contribution is 2.33. The summed E-state index contributed by atoms with van der Waals surface area (Å²) in [6, 6.07) is 10.4. The van der Waals surface area contributed by atoms with Gasteiger partial charge in [0, 0.05) is 15.2 Å². The summed E-state index contributed by atoms with van der Waals surface area (Å²) in [6.07, 6.45) is 1.42. The molecule has 148 valence electrons. The Balaban J connectivity index is 1.96. The number of amides is 2. The molecule has 0 radical (unpaired) electrons. The van der Waals surface area contributed by atoms with Gasteiger partial charge in [0.15, 0.2) is 11.5 Å². The number of hydrogen-bond acceptors (Lipinski definition) is 6. The van der Waals surface area contributed by atoms with Crippen molar-refractivity contribution in [1.29, 1.82) is 0 Å². The van der Waals surface area contributed by atoms with Crippen molar-refractivity contribution in [3.63, 3.8) is 0 Å². The molecule has 0 aromatic heterocycles. The van der Waals surface area contributed by atoms with Gasteiger partial charge in [-0.05, 0) is 40.8 Å². The quantitative estimate of drug-likeness (QED) is 0.331. The van der Waals surface area contributed by atoms with Crippen LogP contribution in [0.4, 0.5) is 0 Å². The van der Waals surface area contributed by atoms with Crippen LogP contribution in [0.15, 0.2) is 41.5 Å². The van der Waals surface area contributed by atoms with E-state index in [1.54, 1.807) is 24.3 Å². The number of benzene rings is 2. The lowest BCUT2D eigenvalue weighted by Crippen LogP contribution is -2.35. The van der Waals surface area contributed by atoms with Crippen molar-refractivity contribution in [2.45, 2.75) is 0 Å². The van der Waals surface area contributed by atoms with Gasteiger partial charge >= 0.3 is 0 Å². The number of nitrogens with zero attached hydrogens (tertiary/aromatic N) is 1. The maximum absolute atomic E-state index is 12.1. The molecule has 0 unspecified atom stereocenters. The van der Waals surface area contributed by atoms with Crippen molar-refractivity contribution >= 4 is 40.6 Å². The van der Waals surface area contributed by atoms with E-state index >= 15 is 0 Å². The van der Waals surface area contributed by atoms with Gasteiger partial charge in [-0.3, -0.25) is 9.59 Å². The minimum atomic E-state index is -0.463. The molecule has 0 aliphatic rings. The number of halogens is 1. The minimum absolute atomic E-state index is 0.204. The molecule has 28 heavy (non-hydrogen) atoms. The van der Waals surface area contributed by atoms with Gasteiger partial charge in [-0.25, -0.2) is 5.43 Å². The van der Waals surface area contributed by atoms with Crippen molar-refractivity contribution < 1.29 is 23.8 Å². The fraction of sp³-hybridized carbons (Fsp3) is 0.211. The lowest BCUT2D eigenvalue weighted by atomic mass is 10.2. The second-order valence-electron chi connectivity index (χ2n) is 5.40. The Kier molecular flexibility index (Phi) is 8.05. The maximum atomic E-state index is 12.1. The molecular formula is C19H20IN3O5. The fourth-order valence-corrected chi connectivity index (χ4v) is 2.90. The number of hydrazone groups is 1. The summed E-state index contributed by atoms with van der Waals surface area (Å²) in [7, 11) is 4.55. The molecule has 9 heteroatoms. The molecule has 0 saturated carbocycles. The van der Waals surface area contributed by atoms with E-state index in [2.05, 4.69) is 38.4 Å². The summed E-state index contributed by atoms with van der Waals surface area (Å²) in [4.78, 5) is 24.0. The summed E-state index contributed by atoms with van der Waals surface area (Å²) in [5, 5.41) is 6.45. The predicted octanol–water partition coefficient (Wildman–Crippen LogP) is 2.20. The Morgan fingerprint density at radius 2 is 1.68 bits per heavy atom. The van der Waals surface area contributed by atoms with E-state index in [0.717, 1.165) is 3.57 Å². The molecule has 0 atom stereocenters. The van der Waals surface area contributed by atoms with Crippen molar-refractivity contribution in [2.75, 3.05) is 27.9 Å².